The Balaban J connectivity index is 1.75. The first kappa shape index (κ1) is 11.1. The van der Waals surface area contributed by atoms with Crippen molar-refractivity contribution in [2.24, 2.45) is 11.7 Å². The second-order valence-corrected chi connectivity index (χ2v) is 5.48. The Morgan fingerprint density at radius 2 is 2.24 bits per heavy atom. The minimum absolute atomic E-state index is 0.302. The molecule has 3 nitrogen and oxygen atoms in total. The normalized spacial score (nSPS) is 36.1. The molecule has 2 heterocycles. The van der Waals surface area contributed by atoms with E-state index in [9.17, 15) is 5.11 Å². The topological polar surface area (TPSA) is 58.3 Å². The second kappa shape index (κ2) is 4.31. The predicted molar refractivity (Wildman–Crippen MR) is 67.8 cm³/mol. The third kappa shape index (κ3) is 2.17. The predicted octanol–water partition coefficient (Wildman–Crippen LogP) is 1.40. The fraction of sp³-hybridized carbons (Fsp3) is 0.571. The van der Waals surface area contributed by atoms with E-state index < -0.39 is 0 Å². The van der Waals surface area contributed by atoms with Crippen LogP contribution in [0.2, 0.25) is 0 Å². The lowest BCUT2D eigenvalue weighted by molar-refractivity contribution is 0.250. The highest BCUT2D eigenvalue weighted by Gasteiger charge is 2.39. The van der Waals surface area contributed by atoms with Crippen LogP contribution < -0.4 is 11.1 Å². The molecule has 0 spiro atoms. The maximum absolute atomic E-state index is 9.49. The molecule has 4 atom stereocenters. The molecule has 1 aromatic carbocycles. The number of hydrogen-bond donors (Lipinski definition) is 3. The highest BCUT2D eigenvalue weighted by Crippen LogP contribution is 2.33. The van der Waals surface area contributed by atoms with Gasteiger partial charge in [0.2, 0.25) is 0 Å². The zero-order chi connectivity index (χ0) is 11.8. The van der Waals surface area contributed by atoms with Gasteiger partial charge in [-0.2, -0.15) is 0 Å². The Hall–Kier alpha value is -1.06. The van der Waals surface area contributed by atoms with Crippen molar-refractivity contribution in [3.05, 3.63) is 29.8 Å². The number of benzene rings is 1. The maximum Gasteiger partial charge on any atom is 0.115 e. The van der Waals surface area contributed by atoms with Gasteiger partial charge in [0.1, 0.15) is 5.75 Å². The van der Waals surface area contributed by atoms with E-state index >= 15 is 0 Å². The summed E-state index contributed by atoms with van der Waals surface area (Å²) in [7, 11) is 0. The number of rotatable bonds is 2. The molecule has 92 valence electrons. The number of hydrogen-bond acceptors (Lipinski definition) is 3. The van der Waals surface area contributed by atoms with Gasteiger partial charge >= 0.3 is 0 Å². The van der Waals surface area contributed by atoms with Gasteiger partial charge in [0.05, 0.1) is 0 Å². The lowest BCUT2D eigenvalue weighted by Crippen LogP contribution is -2.52. The minimum Gasteiger partial charge on any atom is -0.508 e. The third-order valence-corrected chi connectivity index (χ3v) is 4.28. The van der Waals surface area contributed by atoms with Crippen molar-refractivity contribution in [2.75, 3.05) is 0 Å². The van der Waals surface area contributed by atoms with Crippen molar-refractivity contribution in [2.45, 2.75) is 43.8 Å². The van der Waals surface area contributed by atoms with Crippen molar-refractivity contribution in [1.29, 1.82) is 0 Å². The quantitative estimate of drug-likeness (QED) is 0.722. The average molecular weight is 232 g/mol. The molecule has 3 rings (SSSR count). The van der Waals surface area contributed by atoms with E-state index in [1.165, 1.54) is 18.4 Å². The summed E-state index contributed by atoms with van der Waals surface area (Å²) in [5.74, 6) is 0.861. The van der Waals surface area contributed by atoms with Crippen molar-refractivity contribution in [3.63, 3.8) is 0 Å². The van der Waals surface area contributed by atoms with E-state index in [-0.39, 0.29) is 0 Å². The molecule has 2 fully saturated rings. The molecule has 0 saturated carbocycles. The summed E-state index contributed by atoms with van der Waals surface area (Å²) in [6, 6.07) is 9.08. The molecule has 1 aromatic rings. The van der Waals surface area contributed by atoms with E-state index in [4.69, 9.17) is 5.73 Å². The molecule has 2 aliphatic rings. The van der Waals surface area contributed by atoms with Crippen molar-refractivity contribution < 1.29 is 5.11 Å². The first-order valence-corrected chi connectivity index (χ1v) is 6.52. The molecule has 4 N–H and O–H groups in total. The van der Waals surface area contributed by atoms with Gasteiger partial charge in [0, 0.05) is 18.1 Å². The van der Waals surface area contributed by atoms with Crippen LogP contribution in [0.25, 0.3) is 0 Å². The standard InChI is InChI=1S/C14H20N2O/c15-13-8-10-4-5-14(16-10)12(13)7-9-2-1-3-11(17)6-9/h1-3,6,10,12-14,16-17H,4-5,7-8,15H2. The molecule has 0 aliphatic carbocycles. The van der Waals surface area contributed by atoms with Gasteiger partial charge in [-0.3, -0.25) is 0 Å². The number of phenols is 1. The lowest BCUT2D eigenvalue weighted by Gasteiger charge is -2.35. The lowest BCUT2D eigenvalue weighted by atomic mass is 9.83. The van der Waals surface area contributed by atoms with Gasteiger partial charge in [0.15, 0.2) is 0 Å². The molecule has 0 radical (unpaired) electrons. The Labute approximate surface area is 102 Å². The highest BCUT2D eigenvalue weighted by atomic mass is 16.3. The fourth-order valence-electron chi connectivity index (χ4n) is 3.42. The Kier molecular flexibility index (Phi) is 2.81. The number of nitrogens with one attached hydrogen (secondary N) is 1. The molecule has 0 amide bonds. The van der Waals surface area contributed by atoms with Crippen molar-refractivity contribution >= 4 is 0 Å². The van der Waals surface area contributed by atoms with E-state index in [0.29, 0.717) is 29.8 Å². The molecular formula is C14H20N2O. The number of aromatic hydroxyl groups is 1. The summed E-state index contributed by atoms with van der Waals surface area (Å²) in [5, 5.41) is 13.2. The Morgan fingerprint density at radius 1 is 1.35 bits per heavy atom. The maximum atomic E-state index is 9.49. The summed E-state index contributed by atoms with van der Waals surface area (Å²) in [6.07, 6.45) is 4.59. The van der Waals surface area contributed by atoms with Crippen LogP contribution in [0.5, 0.6) is 5.75 Å². The smallest absolute Gasteiger partial charge is 0.115 e. The fourth-order valence-corrected chi connectivity index (χ4v) is 3.42. The molecule has 3 heteroatoms. The van der Waals surface area contributed by atoms with Crippen LogP contribution in [-0.4, -0.2) is 23.2 Å². The third-order valence-electron chi connectivity index (χ3n) is 4.28. The molecule has 4 unspecified atom stereocenters. The van der Waals surface area contributed by atoms with E-state index in [2.05, 4.69) is 11.4 Å². The van der Waals surface area contributed by atoms with Crippen LogP contribution in [0, 0.1) is 5.92 Å². The molecule has 17 heavy (non-hydrogen) atoms. The minimum atomic E-state index is 0.302. The Bertz CT molecular complexity index is 407. The van der Waals surface area contributed by atoms with Crippen LogP contribution >= 0.6 is 0 Å². The van der Waals surface area contributed by atoms with Crippen LogP contribution in [0.4, 0.5) is 0 Å². The molecular weight excluding hydrogens is 212 g/mol. The zero-order valence-corrected chi connectivity index (χ0v) is 9.97. The van der Waals surface area contributed by atoms with Gasteiger partial charge in [-0.05, 0) is 49.3 Å². The van der Waals surface area contributed by atoms with E-state index in [0.717, 1.165) is 12.8 Å². The highest BCUT2D eigenvalue weighted by molar-refractivity contribution is 5.28. The van der Waals surface area contributed by atoms with Gasteiger partial charge in [-0.25, -0.2) is 0 Å². The average Bonchev–Trinajstić information content (AvgIpc) is 2.68. The number of phenolic OH excluding ortho intramolecular Hbond substituents is 1. The van der Waals surface area contributed by atoms with E-state index in [1.807, 2.05) is 12.1 Å². The van der Waals surface area contributed by atoms with Gasteiger partial charge in [0.25, 0.3) is 0 Å². The monoisotopic (exact) mass is 232 g/mol. The SMILES string of the molecule is NC1CC2CCC(N2)C1Cc1cccc(O)c1. The second-order valence-electron chi connectivity index (χ2n) is 5.48. The van der Waals surface area contributed by atoms with Crippen molar-refractivity contribution in [1.82, 2.24) is 5.32 Å². The van der Waals surface area contributed by atoms with Gasteiger partial charge in [-0.15, -0.1) is 0 Å². The number of piperidine rings is 1. The number of nitrogens with two attached hydrogens (primary N) is 1. The molecule has 2 saturated heterocycles. The van der Waals surface area contributed by atoms with Gasteiger partial charge < -0.3 is 16.2 Å². The van der Waals surface area contributed by atoms with Crippen LogP contribution in [-0.2, 0) is 6.42 Å². The van der Waals surface area contributed by atoms with Crippen molar-refractivity contribution in [3.8, 4) is 5.75 Å². The van der Waals surface area contributed by atoms with Crippen LogP contribution in [0.3, 0.4) is 0 Å². The largest absolute Gasteiger partial charge is 0.508 e. The van der Waals surface area contributed by atoms with Gasteiger partial charge in [-0.1, -0.05) is 12.1 Å². The Morgan fingerprint density at radius 3 is 3.06 bits per heavy atom. The first-order chi connectivity index (χ1) is 8.22. The summed E-state index contributed by atoms with van der Waals surface area (Å²) >= 11 is 0. The zero-order valence-electron chi connectivity index (χ0n) is 9.97. The number of fused-ring (bicyclic) bond motifs is 2. The molecule has 0 aromatic heterocycles. The summed E-state index contributed by atoms with van der Waals surface area (Å²) < 4.78 is 0. The van der Waals surface area contributed by atoms with Crippen LogP contribution in [0.1, 0.15) is 24.8 Å². The summed E-state index contributed by atoms with van der Waals surface area (Å²) in [4.78, 5) is 0. The van der Waals surface area contributed by atoms with E-state index in [1.54, 1.807) is 6.07 Å². The molecule has 2 bridgehead atoms. The summed E-state index contributed by atoms with van der Waals surface area (Å²) in [6.45, 7) is 0. The first-order valence-electron chi connectivity index (χ1n) is 6.52. The summed E-state index contributed by atoms with van der Waals surface area (Å²) in [5.41, 5.74) is 7.48. The molecule has 2 aliphatic heterocycles. The van der Waals surface area contributed by atoms with Crippen LogP contribution in [0.15, 0.2) is 24.3 Å².